The number of aliphatic hydroxyl groups excluding tert-OH is 1. The summed E-state index contributed by atoms with van der Waals surface area (Å²) in [4.78, 5) is 0. The largest absolute Gasteiger partial charge is 0.396 e. The first kappa shape index (κ1) is 8.46. The van der Waals surface area contributed by atoms with Gasteiger partial charge in [0.15, 0.2) is 0 Å². The van der Waals surface area contributed by atoms with E-state index in [0.29, 0.717) is 5.75 Å². The maximum absolute atomic E-state index is 10.6. The monoisotopic (exact) mass is 156 g/mol. The zero-order valence-electron chi connectivity index (χ0n) is 4.87. The first-order chi connectivity index (χ1) is 3.81. The molecular weight excluding hydrogens is 144 g/mol. The Morgan fingerprint density at radius 1 is 1.75 bits per heavy atom. The van der Waals surface area contributed by atoms with Gasteiger partial charge in [-0.05, 0) is 9.36 Å². The first-order valence-electron chi connectivity index (χ1n) is 2.54. The lowest BCUT2D eigenvalue weighted by Crippen LogP contribution is -1.91. The van der Waals surface area contributed by atoms with Crippen LogP contribution in [0.2, 0.25) is 0 Å². The molecule has 52 valence electrons. The van der Waals surface area contributed by atoms with Crippen molar-refractivity contribution in [2.75, 3.05) is 18.1 Å². The van der Waals surface area contributed by atoms with Gasteiger partial charge in [-0.15, -0.1) is 10.3 Å². The Morgan fingerprint density at radius 2 is 2.38 bits per heavy atom. The Hall–Kier alpha value is 0.460. The van der Waals surface area contributed by atoms with E-state index in [4.69, 9.17) is 5.11 Å². The van der Waals surface area contributed by atoms with Gasteiger partial charge in [0, 0.05) is 11.5 Å². The highest BCUT2D eigenvalue weighted by molar-refractivity contribution is 8.29. The molecule has 0 fully saturated rings. The minimum absolute atomic E-state index is 0.155. The Kier molecular flexibility index (Phi) is 5.92. The van der Waals surface area contributed by atoms with Crippen molar-refractivity contribution in [3.63, 3.8) is 0 Å². The highest BCUT2D eigenvalue weighted by Gasteiger charge is 1.74. The van der Waals surface area contributed by atoms with Crippen LogP contribution in [0.5, 0.6) is 0 Å². The van der Waals surface area contributed by atoms with Crippen molar-refractivity contribution in [1.29, 1.82) is 0 Å². The molecule has 2 nitrogen and oxygen atoms in total. The van der Waals surface area contributed by atoms with E-state index in [1.807, 2.05) is 6.92 Å². The second kappa shape index (κ2) is 5.59. The van der Waals surface area contributed by atoms with Crippen LogP contribution in [0.3, 0.4) is 0 Å². The van der Waals surface area contributed by atoms with Gasteiger partial charge in [0.05, 0.1) is 6.61 Å². The van der Waals surface area contributed by atoms with Gasteiger partial charge in [0.2, 0.25) is 0 Å². The lowest BCUT2D eigenvalue weighted by molar-refractivity contribution is 0.322. The zero-order chi connectivity index (χ0) is 6.41. The van der Waals surface area contributed by atoms with Crippen LogP contribution in [0.1, 0.15) is 6.92 Å². The van der Waals surface area contributed by atoms with Crippen molar-refractivity contribution >= 4 is 19.7 Å². The smallest absolute Gasteiger partial charge is 0.0520 e. The molecule has 0 spiro atoms. The SMILES string of the molecule is CC/[SH](=O)=[SH]/CCO. The molecule has 0 aromatic heterocycles. The quantitative estimate of drug-likeness (QED) is 0.468. The molecule has 0 heterocycles. The molecule has 0 aliphatic heterocycles. The predicted octanol–water partition coefficient (Wildman–Crippen LogP) is -0.790. The van der Waals surface area contributed by atoms with Crippen LogP contribution in [-0.4, -0.2) is 27.4 Å². The van der Waals surface area contributed by atoms with Gasteiger partial charge in [-0.3, -0.25) is 4.21 Å². The summed E-state index contributed by atoms with van der Waals surface area (Å²) < 4.78 is 10.6. The normalized spacial score (nSPS) is 15.2. The lowest BCUT2D eigenvalue weighted by Gasteiger charge is -1.83. The van der Waals surface area contributed by atoms with E-state index in [2.05, 4.69) is 0 Å². The van der Waals surface area contributed by atoms with Gasteiger partial charge in [-0.25, -0.2) is 0 Å². The fourth-order valence-electron chi connectivity index (χ4n) is 0.256. The van der Waals surface area contributed by atoms with Crippen molar-refractivity contribution in [2.24, 2.45) is 0 Å². The first-order valence-corrected chi connectivity index (χ1v) is 5.77. The van der Waals surface area contributed by atoms with E-state index >= 15 is 0 Å². The molecule has 1 unspecified atom stereocenters. The van der Waals surface area contributed by atoms with Crippen molar-refractivity contribution in [1.82, 2.24) is 0 Å². The summed E-state index contributed by atoms with van der Waals surface area (Å²) in [5.74, 6) is 1.39. The van der Waals surface area contributed by atoms with E-state index in [9.17, 15) is 4.21 Å². The molecule has 0 aliphatic rings. The predicted molar refractivity (Wildman–Crippen MR) is 40.8 cm³/mol. The van der Waals surface area contributed by atoms with Gasteiger partial charge in [0.1, 0.15) is 0 Å². The maximum Gasteiger partial charge on any atom is 0.0520 e. The van der Waals surface area contributed by atoms with Crippen LogP contribution in [0.4, 0.5) is 0 Å². The number of hydrogen-bond acceptors (Lipinski definition) is 2. The second-order valence-electron chi connectivity index (χ2n) is 1.26. The molecule has 0 radical (unpaired) electrons. The summed E-state index contributed by atoms with van der Waals surface area (Å²) >= 11 is 0. The molecule has 4 heteroatoms. The summed E-state index contributed by atoms with van der Waals surface area (Å²) in [5, 5.41) is 8.28. The molecule has 1 atom stereocenters. The number of aliphatic hydroxyl groups is 1. The summed E-state index contributed by atoms with van der Waals surface area (Å²) in [7, 11) is -0.122. The molecule has 0 aliphatic carbocycles. The molecule has 0 rings (SSSR count). The van der Waals surface area contributed by atoms with Gasteiger partial charge in [-0.2, -0.15) is 0 Å². The highest BCUT2D eigenvalue weighted by Crippen LogP contribution is 1.68. The van der Waals surface area contributed by atoms with Gasteiger partial charge in [-0.1, -0.05) is 6.92 Å². The van der Waals surface area contributed by atoms with Crippen LogP contribution in [-0.2, 0) is 19.7 Å². The fourth-order valence-corrected chi connectivity index (χ4v) is 2.31. The minimum Gasteiger partial charge on any atom is -0.396 e. The molecule has 0 amide bonds. The molecule has 0 aromatic carbocycles. The van der Waals surface area contributed by atoms with Gasteiger partial charge in [0.25, 0.3) is 0 Å². The zero-order valence-corrected chi connectivity index (χ0v) is 6.66. The standard InChI is InChI=1S/C4H12O2S2/c1-2-8(6)7-4-3-5/h5,7-8H,2-4H2,1H3. The lowest BCUT2D eigenvalue weighted by atomic mass is 10.9. The Morgan fingerprint density at radius 3 is 2.75 bits per heavy atom. The maximum atomic E-state index is 10.6. The number of hydrogen-bond donors (Lipinski definition) is 3. The van der Waals surface area contributed by atoms with Crippen molar-refractivity contribution < 1.29 is 9.32 Å². The molecule has 0 bridgehead atoms. The highest BCUT2D eigenvalue weighted by atomic mass is 32.8. The molecular formula is C4H12O2S2. The average molecular weight is 156 g/mol. The van der Waals surface area contributed by atoms with Crippen molar-refractivity contribution in [3.05, 3.63) is 0 Å². The van der Waals surface area contributed by atoms with E-state index in [1.165, 1.54) is 0 Å². The Balaban J connectivity index is 3.42. The van der Waals surface area contributed by atoms with Crippen LogP contribution < -0.4 is 0 Å². The van der Waals surface area contributed by atoms with Crippen molar-refractivity contribution in [3.8, 4) is 0 Å². The summed E-state index contributed by atoms with van der Waals surface area (Å²) in [6.07, 6.45) is 0. The van der Waals surface area contributed by atoms with Gasteiger partial charge < -0.3 is 5.11 Å². The minimum atomic E-state index is -1.02. The van der Waals surface area contributed by atoms with Crippen LogP contribution in [0.15, 0.2) is 0 Å². The van der Waals surface area contributed by atoms with Gasteiger partial charge >= 0.3 is 0 Å². The number of rotatable bonds is 3. The van der Waals surface area contributed by atoms with Crippen LogP contribution in [0.25, 0.3) is 0 Å². The Labute approximate surface area is 54.6 Å². The third-order valence-corrected chi connectivity index (χ3v) is 4.28. The molecule has 1 N–H and O–H groups in total. The molecule has 0 saturated carbocycles. The van der Waals surface area contributed by atoms with Crippen LogP contribution >= 0.6 is 0 Å². The summed E-state index contributed by atoms with van der Waals surface area (Å²) in [6, 6.07) is 0. The fraction of sp³-hybridized carbons (Fsp3) is 1.00. The average Bonchev–Trinajstić information content (AvgIpc) is 1.83. The van der Waals surface area contributed by atoms with Crippen LogP contribution in [0, 0.1) is 0 Å². The van der Waals surface area contributed by atoms with Crippen molar-refractivity contribution in [2.45, 2.75) is 6.92 Å². The number of thiol groups is 2. The van der Waals surface area contributed by atoms with E-state index in [0.717, 1.165) is 16.1 Å². The third-order valence-electron chi connectivity index (χ3n) is 0.628. The topological polar surface area (TPSA) is 37.3 Å². The molecule has 8 heavy (non-hydrogen) atoms. The summed E-state index contributed by atoms with van der Waals surface area (Å²) in [6.45, 7) is 2.05. The van der Waals surface area contributed by atoms with E-state index < -0.39 is 9.36 Å². The second-order valence-corrected chi connectivity index (χ2v) is 5.51. The Bertz CT molecular complexity index is 115. The van der Waals surface area contributed by atoms with E-state index in [-0.39, 0.29) is 6.61 Å². The third kappa shape index (κ3) is 4.61. The summed E-state index contributed by atoms with van der Waals surface area (Å²) in [5.41, 5.74) is 0. The molecule has 0 aromatic rings. The van der Waals surface area contributed by atoms with E-state index in [1.54, 1.807) is 0 Å². The molecule has 0 saturated heterocycles.